The molecule has 0 bridgehead atoms. The van der Waals surface area contributed by atoms with E-state index in [1.54, 1.807) is 0 Å². The third kappa shape index (κ3) is 7.79. The second kappa shape index (κ2) is 12.9. The Morgan fingerprint density at radius 3 is 0.896 bits per heavy atom. The van der Waals surface area contributed by atoms with E-state index >= 15 is 0 Å². The van der Waals surface area contributed by atoms with Crippen LogP contribution in [0.15, 0.2) is 34.1 Å². The predicted octanol–water partition coefficient (Wildman–Crippen LogP) is 7.76. The van der Waals surface area contributed by atoms with Gasteiger partial charge in [0.05, 0.1) is 0 Å². The summed E-state index contributed by atoms with van der Waals surface area (Å²) in [5.74, 6) is -33.3. The summed E-state index contributed by atoms with van der Waals surface area (Å²) < 4.78 is 274. The Kier molecular flexibility index (Phi) is 10.2. The summed E-state index contributed by atoms with van der Waals surface area (Å²) in [6, 6.07) is -0.434. The smallest absolute Gasteiger partial charge is 0.378 e. The molecular weight excluding hydrogens is 752 g/mol. The molecule has 6 nitrogen and oxygen atoms in total. The van der Waals surface area contributed by atoms with Crippen LogP contribution in [0.4, 0.5) is 70.2 Å². The topological polar surface area (TPSA) is 86.7 Å². The molecule has 48 heavy (non-hydrogen) atoms. The quantitative estimate of drug-likeness (QED) is 0.101. The fraction of sp³-hybridized carbons (Fsp3) is 0.0833. The maximum atomic E-state index is 14.2. The first-order valence-corrected chi connectivity index (χ1v) is 14.1. The molecule has 0 unspecified atom stereocenters. The molecule has 0 amide bonds. The highest BCUT2D eigenvalue weighted by Gasteiger charge is 2.38. The lowest BCUT2D eigenvalue weighted by molar-refractivity contribution is -0.0800. The van der Waals surface area contributed by atoms with Crippen LogP contribution in [-0.2, 0) is 20.2 Å². The Hall–Kier alpha value is -4.48. The largest absolute Gasteiger partial charge is 0.409 e. The first kappa shape index (κ1) is 38.0. The SMILES string of the molecule is O=S(=O)(Oc1cc(/C=C/C(F)(F)F)c(OS(=O)(=O)c2c(F)c(F)c(F)c(F)c2F)cc1/C=C/C(F)(F)F)c1c(F)c(F)c(F)c(F)c1F. The molecular formula is C24H6F16O6S2. The number of allylic oxidation sites excluding steroid dienone is 2. The van der Waals surface area contributed by atoms with E-state index in [2.05, 4.69) is 8.37 Å². The maximum Gasteiger partial charge on any atom is 0.409 e. The molecule has 0 saturated heterocycles. The summed E-state index contributed by atoms with van der Waals surface area (Å²) in [6.45, 7) is 0. The van der Waals surface area contributed by atoms with E-state index in [9.17, 15) is 87.1 Å². The standard InChI is InChI=1S/C24H6F16O6S2/c25-11-13(27)17(31)21(18(32)14(11)28)47(41,42)45-9-6-8(2-4-24(38,39)40)10(5-7(9)1-3-23(35,36)37)46-48(43,44)22-19(33)15(29)12(26)16(30)20(22)34/h1-6H/b3-1+,4-2+. The van der Waals surface area contributed by atoms with E-state index in [1.807, 2.05) is 0 Å². The molecule has 0 aliphatic rings. The zero-order valence-corrected chi connectivity index (χ0v) is 23.4. The highest BCUT2D eigenvalue weighted by atomic mass is 32.2. The van der Waals surface area contributed by atoms with Crippen LogP contribution < -0.4 is 8.37 Å². The van der Waals surface area contributed by atoms with E-state index in [1.165, 1.54) is 0 Å². The van der Waals surface area contributed by atoms with Gasteiger partial charge in [-0.3, -0.25) is 0 Å². The highest BCUT2D eigenvalue weighted by molar-refractivity contribution is 7.87. The summed E-state index contributed by atoms with van der Waals surface area (Å²) in [4.78, 5) is -5.54. The van der Waals surface area contributed by atoms with Crippen molar-refractivity contribution in [3.8, 4) is 11.5 Å². The molecule has 262 valence electrons. The number of hydrogen-bond donors (Lipinski definition) is 0. The van der Waals surface area contributed by atoms with Crippen molar-refractivity contribution in [2.75, 3.05) is 0 Å². The second-order valence-electron chi connectivity index (χ2n) is 8.55. The van der Waals surface area contributed by atoms with Crippen molar-refractivity contribution < 1.29 is 95.4 Å². The minimum Gasteiger partial charge on any atom is -0.378 e. The molecule has 0 aliphatic heterocycles. The van der Waals surface area contributed by atoms with Crippen molar-refractivity contribution >= 4 is 32.4 Å². The molecule has 0 fully saturated rings. The zero-order valence-electron chi connectivity index (χ0n) is 21.8. The van der Waals surface area contributed by atoms with E-state index in [-0.39, 0.29) is 24.3 Å². The predicted molar refractivity (Wildman–Crippen MR) is 125 cm³/mol. The van der Waals surface area contributed by atoms with Gasteiger partial charge in [0.2, 0.25) is 11.6 Å². The zero-order chi connectivity index (χ0) is 36.9. The molecule has 3 aromatic carbocycles. The minimum atomic E-state index is -6.42. The van der Waals surface area contributed by atoms with Gasteiger partial charge in [-0.15, -0.1) is 0 Å². The lowest BCUT2D eigenvalue weighted by Crippen LogP contribution is -2.19. The molecule has 3 aromatic rings. The Bertz CT molecular complexity index is 1880. The molecule has 0 radical (unpaired) electrons. The molecule has 0 saturated carbocycles. The van der Waals surface area contributed by atoms with Crippen LogP contribution >= 0.6 is 0 Å². The van der Waals surface area contributed by atoms with Gasteiger partial charge in [0.1, 0.15) is 0 Å². The van der Waals surface area contributed by atoms with E-state index in [0.717, 1.165) is 0 Å². The molecule has 0 heterocycles. The Balaban J connectivity index is 2.38. The first-order chi connectivity index (χ1) is 21.7. The molecule has 0 N–H and O–H groups in total. The first-order valence-electron chi connectivity index (χ1n) is 11.3. The van der Waals surface area contributed by atoms with Crippen LogP contribution in [0.3, 0.4) is 0 Å². The molecule has 0 spiro atoms. The Morgan fingerprint density at radius 2 is 0.667 bits per heavy atom. The van der Waals surface area contributed by atoms with Gasteiger partial charge in [0.25, 0.3) is 0 Å². The lowest BCUT2D eigenvalue weighted by Gasteiger charge is -2.16. The number of benzene rings is 3. The van der Waals surface area contributed by atoms with Gasteiger partial charge in [-0.05, 0) is 24.3 Å². The Labute approximate surface area is 255 Å². The maximum absolute atomic E-state index is 14.2. The summed E-state index contributed by atoms with van der Waals surface area (Å²) in [6.07, 6.45) is -13.1. The lowest BCUT2D eigenvalue weighted by atomic mass is 10.1. The number of halogens is 16. The van der Waals surface area contributed by atoms with Gasteiger partial charge in [-0.25, -0.2) is 43.9 Å². The van der Waals surface area contributed by atoms with Crippen LogP contribution in [0.1, 0.15) is 11.1 Å². The van der Waals surface area contributed by atoms with E-state index < -0.39 is 135 Å². The fourth-order valence-corrected chi connectivity index (χ4v) is 5.46. The van der Waals surface area contributed by atoms with Crippen LogP contribution in [-0.4, -0.2) is 29.2 Å². The van der Waals surface area contributed by atoms with Crippen molar-refractivity contribution in [2.45, 2.75) is 22.1 Å². The van der Waals surface area contributed by atoms with E-state index in [4.69, 9.17) is 0 Å². The number of rotatable bonds is 8. The Morgan fingerprint density at radius 1 is 0.438 bits per heavy atom. The van der Waals surface area contributed by atoms with Gasteiger partial charge in [-0.1, -0.05) is 0 Å². The fourth-order valence-electron chi connectivity index (χ4n) is 3.29. The van der Waals surface area contributed by atoms with Crippen molar-refractivity contribution in [3.63, 3.8) is 0 Å². The van der Waals surface area contributed by atoms with Gasteiger partial charge < -0.3 is 8.37 Å². The normalized spacial score (nSPS) is 13.2. The third-order valence-electron chi connectivity index (χ3n) is 5.28. The average Bonchev–Trinajstić information content (AvgIpc) is 2.94. The third-order valence-corrected chi connectivity index (χ3v) is 7.80. The van der Waals surface area contributed by atoms with Crippen molar-refractivity contribution in [1.82, 2.24) is 0 Å². The van der Waals surface area contributed by atoms with Crippen LogP contribution in [0.25, 0.3) is 12.2 Å². The number of alkyl halides is 6. The molecule has 0 atom stereocenters. The molecule has 24 heteroatoms. The molecule has 0 aliphatic carbocycles. The van der Waals surface area contributed by atoms with Crippen LogP contribution in [0.5, 0.6) is 11.5 Å². The minimum absolute atomic E-state index is 0.217. The molecule has 0 aromatic heterocycles. The van der Waals surface area contributed by atoms with Gasteiger partial charge in [0.15, 0.2) is 67.8 Å². The van der Waals surface area contributed by atoms with Crippen molar-refractivity contribution in [3.05, 3.63) is 93.6 Å². The molecule has 3 rings (SSSR count). The number of hydrogen-bond acceptors (Lipinski definition) is 6. The average molecular weight is 758 g/mol. The van der Waals surface area contributed by atoms with E-state index in [0.29, 0.717) is 0 Å². The van der Waals surface area contributed by atoms with Crippen molar-refractivity contribution in [1.29, 1.82) is 0 Å². The van der Waals surface area contributed by atoms with Crippen LogP contribution in [0, 0.1) is 58.2 Å². The monoisotopic (exact) mass is 758 g/mol. The summed E-state index contributed by atoms with van der Waals surface area (Å²) in [5, 5.41) is 0. The summed E-state index contributed by atoms with van der Waals surface area (Å²) >= 11 is 0. The van der Waals surface area contributed by atoms with Crippen molar-refractivity contribution in [2.24, 2.45) is 0 Å². The van der Waals surface area contributed by atoms with Gasteiger partial charge in [0, 0.05) is 23.3 Å². The summed E-state index contributed by atoms with van der Waals surface area (Å²) in [7, 11) is -12.8. The van der Waals surface area contributed by atoms with Gasteiger partial charge in [-0.2, -0.15) is 43.2 Å². The second-order valence-corrected chi connectivity index (χ2v) is 11.5. The highest BCUT2D eigenvalue weighted by Crippen LogP contribution is 2.38. The summed E-state index contributed by atoms with van der Waals surface area (Å²) in [5.41, 5.74) is -3.07. The van der Waals surface area contributed by atoms with Gasteiger partial charge >= 0.3 is 32.6 Å². The van der Waals surface area contributed by atoms with Crippen LogP contribution in [0.2, 0.25) is 0 Å².